The van der Waals surface area contributed by atoms with Gasteiger partial charge in [-0.2, -0.15) is 0 Å². The normalized spacial score (nSPS) is 14.9. The third-order valence-electron chi connectivity index (χ3n) is 3.83. The van der Waals surface area contributed by atoms with Crippen LogP contribution in [0.5, 0.6) is 0 Å². The van der Waals surface area contributed by atoms with E-state index >= 15 is 0 Å². The Morgan fingerprint density at radius 3 is 2.86 bits per heavy atom. The first-order valence-electron chi connectivity index (χ1n) is 7.37. The number of aromatic nitrogens is 1. The molecule has 0 saturated carbocycles. The number of likely N-dealkylation sites (tertiary alicyclic amines) is 1. The smallest absolute Gasteiger partial charge is 0.248 e. The fourth-order valence-electron chi connectivity index (χ4n) is 2.70. The van der Waals surface area contributed by atoms with Gasteiger partial charge in [-0.05, 0) is 36.4 Å². The highest BCUT2D eigenvalue weighted by atomic mass is 16.2. The van der Waals surface area contributed by atoms with Gasteiger partial charge in [-0.25, -0.2) is 0 Å². The van der Waals surface area contributed by atoms with E-state index < -0.39 is 0 Å². The van der Waals surface area contributed by atoms with Crippen molar-refractivity contribution >= 4 is 22.5 Å². The van der Waals surface area contributed by atoms with Gasteiger partial charge in [-0.15, -0.1) is 0 Å². The molecule has 1 amide bonds. The lowest BCUT2D eigenvalue weighted by atomic mass is 10.2. The second-order valence-corrected chi connectivity index (χ2v) is 5.39. The Labute approximate surface area is 123 Å². The number of rotatable bonds is 5. The molecular weight excluding hydrogens is 266 g/mol. The van der Waals surface area contributed by atoms with Gasteiger partial charge in [0, 0.05) is 37.8 Å². The van der Waals surface area contributed by atoms with E-state index in [-0.39, 0.29) is 11.5 Å². The van der Waals surface area contributed by atoms with Crippen LogP contribution in [0, 0.1) is 0 Å². The first kappa shape index (κ1) is 13.7. The van der Waals surface area contributed by atoms with Crippen molar-refractivity contribution in [1.29, 1.82) is 0 Å². The second kappa shape index (κ2) is 5.99. The van der Waals surface area contributed by atoms with Gasteiger partial charge < -0.3 is 15.2 Å². The molecule has 1 aliphatic heterocycles. The SMILES string of the molecule is O=C1CCCN1CCCNc1ccc2ccc(=O)[nH]c2c1. The highest BCUT2D eigenvalue weighted by Crippen LogP contribution is 2.16. The van der Waals surface area contributed by atoms with Crippen LogP contribution in [-0.2, 0) is 4.79 Å². The van der Waals surface area contributed by atoms with Crippen LogP contribution in [0.4, 0.5) is 5.69 Å². The van der Waals surface area contributed by atoms with Gasteiger partial charge in [-0.3, -0.25) is 9.59 Å². The number of amides is 1. The Kier molecular flexibility index (Phi) is 3.90. The number of benzene rings is 1. The number of hydrogen-bond donors (Lipinski definition) is 2. The van der Waals surface area contributed by atoms with Crippen molar-refractivity contribution in [2.45, 2.75) is 19.3 Å². The minimum Gasteiger partial charge on any atom is -0.385 e. The largest absolute Gasteiger partial charge is 0.385 e. The number of pyridine rings is 1. The molecule has 1 saturated heterocycles. The first-order valence-corrected chi connectivity index (χ1v) is 7.37. The number of hydrogen-bond acceptors (Lipinski definition) is 3. The zero-order valence-corrected chi connectivity index (χ0v) is 11.9. The Balaban J connectivity index is 1.55. The lowest BCUT2D eigenvalue weighted by molar-refractivity contribution is -0.127. The minimum atomic E-state index is -0.0906. The maximum absolute atomic E-state index is 11.5. The molecule has 1 aliphatic rings. The number of nitrogens with one attached hydrogen (secondary N) is 2. The van der Waals surface area contributed by atoms with Crippen molar-refractivity contribution in [2.75, 3.05) is 25.0 Å². The average molecular weight is 285 g/mol. The zero-order chi connectivity index (χ0) is 14.7. The molecule has 21 heavy (non-hydrogen) atoms. The van der Waals surface area contributed by atoms with Crippen LogP contribution in [0.25, 0.3) is 10.9 Å². The van der Waals surface area contributed by atoms with Crippen LogP contribution >= 0.6 is 0 Å². The quantitative estimate of drug-likeness (QED) is 0.825. The van der Waals surface area contributed by atoms with Crippen LogP contribution in [0.3, 0.4) is 0 Å². The van der Waals surface area contributed by atoms with Gasteiger partial charge in [-0.1, -0.05) is 6.07 Å². The molecule has 0 spiro atoms. The lowest BCUT2D eigenvalue weighted by Crippen LogP contribution is -2.26. The molecule has 0 radical (unpaired) electrons. The van der Waals surface area contributed by atoms with Gasteiger partial charge in [0.2, 0.25) is 11.5 Å². The second-order valence-electron chi connectivity index (χ2n) is 5.39. The fourth-order valence-corrected chi connectivity index (χ4v) is 2.70. The summed E-state index contributed by atoms with van der Waals surface area (Å²) in [7, 11) is 0. The summed E-state index contributed by atoms with van der Waals surface area (Å²) in [6.45, 7) is 2.53. The number of anilines is 1. The van der Waals surface area contributed by atoms with Crippen LogP contribution < -0.4 is 10.9 Å². The summed E-state index contributed by atoms with van der Waals surface area (Å²) in [6, 6.07) is 9.27. The van der Waals surface area contributed by atoms with Crippen LogP contribution in [0.1, 0.15) is 19.3 Å². The molecule has 0 unspecified atom stereocenters. The lowest BCUT2D eigenvalue weighted by Gasteiger charge is -2.15. The molecule has 2 aromatic rings. The van der Waals surface area contributed by atoms with E-state index in [0.717, 1.165) is 49.1 Å². The average Bonchev–Trinajstić information content (AvgIpc) is 2.88. The van der Waals surface area contributed by atoms with E-state index in [1.165, 1.54) is 6.07 Å². The van der Waals surface area contributed by atoms with E-state index in [4.69, 9.17) is 0 Å². The standard InChI is InChI=1S/C16H19N3O2/c20-15-7-5-12-4-6-13(11-14(12)18-15)17-8-2-10-19-9-1-3-16(19)21/h4-7,11,17H,1-3,8-10H2,(H,18,20). The van der Waals surface area contributed by atoms with Crippen molar-refractivity contribution in [3.63, 3.8) is 0 Å². The number of aromatic amines is 1. The fraction of sp³-hybridized carbons (Fsp3) is 0.375. The third kappa shape index (κ3) is 3.24. The summed E-state index contributed by atoms with van der Waals surface area (Å²) in [5.41, 5.74) is 1.73. The molecule has 3 rings (SSSR count). The number of carbonyl (C=O) groups is 1. The van der Waals surface area contributed by atoms with Gasteiger partial charge in [0.25, 0.3) is 0 Å². The van der Waals surface area contributed by atoms with E-state index in [1.54, 1.807) is 0 Å². The molecule has 1 aromatic carbocycles. The summed E-state index contributed by atoms with van der Waals surface area (Å²) < 4.78 is 0. The van der Waals surface area contributed by atoms with Crippen LogP contribution in [-0.4, -0.2) is 35.4 Å². The Morgan fingerprint density at radius 1 is 1.19 bits per heavy atom. The van der Waals surface area contributed by atoms with Gasteiger partial charge in [0.15, 0.2) is 0 Å². The molecule has 5 nitrogen and oxygen atoms in total. The summed E-state index contributed by atoms with van der Waals surface area (Å²) in [6.07, 6.45) is 2.62. The number of H-pyrrole nitrogens is 1. The molecule has 2 heterocycles. The number of carbonyl (C=O) groups excluding carboxylic acids is 1. The summed E-state index contributed by atoms with van der Waals surface area (Å²) in [5.74, 6) is 0.276. The summed E-state index contributed by atoms with van der Waals surface area (Å²) in [4.78, 5) is 27.6. The van der Waals surface area contributed by atoms with Crippen molar-refractivity contribution in [2.24, 2.45) is 0 Å². The molecule has 1 fully saturated rings. The first-order chi connectivity index (χ1) is 10.2. The van der Waals surface area contributed by atoms with Gasteiger partial charge in [0.05, 0.1) is 5.52 Å². The Hall–Kier alpha value is -2.30. The van der Waals surface area contributed by atoms with Crippen LogP contribution in [0.2, 0.25) is 0 Å². The summed E-state index contributed by atoms with van der Waals surface area (Å²) in [5, 5.41) is 4.35. The molecule has 2 N–H and O–H groups in total. The van der Waals surface area contributed by atoms with Crippen LogP contribution in [0.15, 0.2) is 35.1 Å². The highest BCUT2D eigenvalue weighted by molar-refractivity contribution is 5.81. The van der Waals surface area contributed by atoms with Gasteiger partial charge in [0.1, 0.15) is 0 Å². The van der Waals surface area contributed by atoms with E-state index in [0.29, 0.717) is 6.42 Å². The van der Waals surface area contributed by atoms with Crippen molar-refractivity contribution in [3.8, 4) is 0 Å². The number of fused-ring (bicyclic) bond motifs is 1. The highest BCUT2D eigenvalue weighted by Gasteiger charge is 2.18. The maximum Gasteiger partial charge on any atom is 0.248 e. The monoisotopic (exact) mass is 285 g/mol. The van der Waals surface area contributed by atoms with E-state index in [1.807, 2.05) is 29.2 Å². The Bertz CT molecular complexity index is 708. The van der Waals surface area contributed by atoms with Crippen molar-refractivity contribution in [1.82, 2.24) is 9.88 Å². The predicted octanol–water partition coefficient (Wildman–Crippen LogP) is 1.95. The molecule has 0 atom stereocenters. The van der Waals surface area contributed by atoms with E-state index in [2.05, 4.69) is 10.3 Å². The molecular formula is C16H19N3O2. The topological polar surface area (TPSA) is 65.2 Å². The molecule has 0 bridgehead atoms. The van der Waals surface area contributed by atoms with E-state index in [9.17, 15) is 9.59 Å². The zero-order valence-electron chi connectivity index (χ0n) is 11.9. The molecule has 1 aromatic heterocycles. The molecule has 110 valence electrons. The maximum atomic E-state index is 11.5. The van der Waals surface area contributed by atoms with Gasteiger partial charge >= 0.3 is 0 Å². The third-order valence-corrected chi connectivity index (χ3v) is 3.83. The predicted molar refractivity (Wildman–Crippen MR) is 83.5 cm³/mol. The van der Waals surface area contributed by atoms with Crippen molar-refractivity contribution < 1.29 is 4.79 Å². The summed E-state index contributed by atoms with van der Waals surface area (Å²) >= 11 is 0. The van der Waals surface area contributed by atoms with Crippen molar-refractivity contribution in [3.05, 3.63) is 40.7 Å². The minimum absolute atomic E-state index is 0.0906. The Morgan fingerprint density at radius 2 is 2.05 bits per heavy atom. The molecule has 0 aliphatic carbocycles. The molecule has 5 heteroatoms. The number of nitrogens with zero attached hydrogens (tertiary/aromatic N) is 1.